The van der Waals surface area contributed by atoms with Gasteiger partial charge >= 0.3 is 0 Å². The van der Waals surface area contributed by atoms with Crippen molar-refractivity contribution in [1.82, 2.24) is 10.6 Å². The van der Waals surface area contributed by atoms with Crippen LogP contribution in [-0.2, 0) is 28.5 Å². The number of carbonyl (C=O) groups excluding carboxylic acids is 1. The minimum absolute atomic E-state index is 0.0198. The molecule has 0 aliphatic rings. The van der Waals surface area contributed by atoms with E-state index in [0.29, 0.717) is 72.4 Å². The SMILES string of the molecule is CC(=O)C/C=C(\C)CCC=CCNCCCOCCOCCOCCOCCCOCCNCO. The third-order valence-corrected chi connectivity index (χ3v) is 4.74. The lowest BCUT2D eigenvalue weighted by atomic mass is 10.1. The quantitative estimate of drug-likeness (QED) is 0.0843. The molecular formula is C26H50N2O7. The molecule has 0 aromatic rings. The molecule has 0 aromatic heterocycles. The lowest BCUT2D eigenvalue weighted by Crippen LogP contribution is -2.20. The van der Waals surface area contributed by atoms with Gasteiger partial charge in [-0.1, -0.05) is 23.8 Å². The second-order valence-corrected chi connectivity index (χ2v) is 8.10. The van der Waals surface area contributed by atoms with E-state index in [2.05, 4.69) is 29.7 Å². The number of hydrogen-bond donors (Lipinski definition) is 3. The smallest absolute Gasteiger partial charge is 0.133 e. The first-order valence-corrected chi connectivity index (χ1v) is 12.9. The first-order valence-electron chi connectivity index (χ1n) is 12.9. The lowest BCUT2D eigenvalue weighted by molar-refractivity contribution is -0.116. The molecule has 206 valence electrons. The Balaban J connectivity index is 3.16. The normalized spacial score (nSPS) is 12.1. The van der Waals surface area contributed by atoms with Crippen LogP contribution in [0, 0.1) is 0 Å². The van der Waals surface area contributed by atoms with Crippen molar-refractivity contribution in [2.24, 2.45) is 0 Å². The second-order valence-electron chi connectivity index (χ2n) is 8.10. The molecule has 3 N–H and O–H groups in total. The second kappa shape index (κ2) is 29.1. The Kier molecular flexibility index (Phi) is 28.1. The average molecular weight is 503 g/mol. The summed E-state index contributed by atoms with van der Waals surface area (Å²) in [4.78, 5) is 10.9. The van der Waals surface area contributed by atoms with Gasteiger partial charge in [0.25, 0.3) is 0 Å². The van der Waals surface area contributed by atoms with E-state index in [-0.39, 0.29) is 12.5 Å². The standard InChI is InChI=1S/C26H50N2O7/c1-25(9-10-26(2)30)8-4-3-5-11-27-12-6-14-32-18-20-34-22-23-35-21-19-33-16-7-15-31-17-13-28-24-29/h3,5,9,27-29H,4,6-8,10-24H2,1-2H3/b5-3?,25-9+. The first-order chi connectivity index (χ1) is 17.2. The van der Waals surface area contributed by atoms with Crippen molar-refractivity contribution >= 4 is 5.78 Å². The van der Waals surface area contributed by atoms with Crippen molar-refractivity contribution in [3.8, 4) is 0 Å². The number of nitrogens with one attached hydrogen (secondary N) is 2. The Labute approximate surface area is 212 Å². The highest BCUT2D eigenvalue weighted by Crippen LogP contribution is 2.05. The zero-order valence-corrected chi connectivity index (χ0v) is 22.1. The molecule has 9 heteroatoms. The van der Waals surface area contributed by atoms with Crippen molar-refractivity contribution in [2.45, 2.75) is 46.0 Å². The predicted octanol–water partition coefficient (Wildman–Crippen LogP) is 2.24. The number of allylic oxidation sites excluding steroid dienone is 3. The Morgan fingerprint density at radius 2 is 1.29 bits per heavy atom. The first kappa shape index (κ1) is 33.8. The summed E-state index contributed by atoms with van der Waals surface area (Å²) in [6.07, 6.45) is 10.7. The highest BCUT2D eigenvalue weighted by Gasteiger charge is 1.95. The fourth-order valence-electron chi connectivity index (χ4n) is 2.77. The molecule has 0 saturated carbocycles. The van der Waals surface area contributed by atoms with Gasteiger partial charge in [-0.3, -0.25) is 10.1 Å². The molecule has 0 bridgehead atoms. The third-order valence-electron chi connectivity index (χ3n) is 4.74. The fourth-order valence-corrected chi connectivity index (χ4v) is 2.77. The summed E-state index contributed by atoms with van der Waals surface area (Å²) in [7, 11) is 0. The van der Waals surface area contributed by atoms with Gasteiger partial charge in [-0.15, -0.1) is 0 Å². The molecule has 0 aliphatic carbocycles. The maximum atomic E-state index is 10.9. The molecule has 0 fully saturated rings. The van der Waals surface area contributed by atoms with Gasteiger partial charge in [0.05, 0.1) is 53.0 Å². The molecule has 0 aromatic carbocycles. The number of ketones is 1. The molecule has 0 saturated heterocycles. The summed E-state index contributed by atoms with van der Waals surface area (Å²) in [5.74, 6) is 0.211. The number of aliphatic hydroxyl groups excluding tert-OH is 1. The molecule has 0 heterocycles. The number of carbonyl (C=O) groups is 1. The number of Topliss-reactive ketones (excluding diaryl/α,β-unsaturated/α-hetero) is 1. The van der Waals surface area contributed by atoms with Gasteiger partial charge in [-0.2, -0.15) is 0 Å². The van der Waals surface area contributed by atoms with Crippen LogP contribution in [0.3, 0.4) is 0 Å². The zero-order valence-electron chi connectivity index (χ0n) is 22.1. The highest BCUT2D eigenvalue weighted by molar-refractivity contribution is 5.77. The van der Waals surface area contributed by atoms with E-state index in [0.717, 1.165) is 45.4 Å². The van der Waals surface area contributed by atoms with Crippen LogP contribution in [0.15, 0.2) is 23.8 Å². The van der Waals surface area contributed by atoms with Gasteiger partial charge in [0.1, 0.15) is 5.78 Å². The van der Waals surface area contributed by atoms with Gasteiger partial charge in [0.2, 0.25) is 0 Å². The Morgan fingerprint density at radius 1 is 0.714 bits per heavy atom. The Morgan fingerprint density at radius 3 is 1.89 bits per heavy atom. The number of rotatable bonds is 28. The van der Waals surface area contributed by atoms with Crippen LogP contribution in [-0.4, -0.2) is 103 Å². The molecule has 0 amide bonds. The van der Waals surface area contributed by atoms with Gasteiger partial charge in [-0.05, 0) is 46.1 Å². The number of ether oxygens (including phenoxy) is 5. The van der Waals surface area contributed by atoms with E-state index in [9.17, 15) is 4.79 Å². The molecule has 0 atom stereocenters. The van der Waals surface area contributed by atoms with Crippen molar-refractivity contribution in [2.75, 3.05) is 92.4 Å². The van der Waals surface area contributed by atoms with E-state index in [4.69, 9.17) is 28.8 Å². The number of aliphatic hydroxyl groups is 1. The maximum absolute atomic E-state index is 10.9. The molecule has 0 radical (unpaired) electrons. The topological polar surface area (TPSA) is 108 Å². The maximum Gasteiger partial charge on any atom is 0.133 e. The van der Waals surface area contributed by atoms with Gasteiger partial charge in [0.15, 0.2) is 0 Å². The summed E-state index contributed by atoms with van der Waals surface area (Å²) >= 11 is 0. The number of hydrogen-bond acceptors (Lipinski definition) is 9. The van der Waals surface area contributed by atoms with E-state index in [1.165, 1.54) is 5.57 Å². The summed E-state index contributed by atoms with van der Waals surface area (Å²) < 4.78 is 27.3. The van der Waals surface area contributed by atoms with Crippen LogP contribution in [0.4, 0.5) is 0 Å². The van der Waals surface area contributed by atoms with Crippen LogP contribution in [0.1, 0.15) is 46.0 Å². The van der Waals surface area contributed by atoms with Crippen LogP contribution in [0.2, 0.25) is 0 Å². The molecule has 35 heavy (non-hydrogen) atoms. The van der Waals surface area contributed by atoms with Crippen molar-refractivity contribution < 1.29 is 33.6 Å². The monoisotopic (exact) mass is 502 g/mol. The van der Waals surface area contributed by atoms with Crippen LogP contribution >= 0.6 is 0 Å². The molecule has 0 unspecified atom stereocenters. The largest absolute Gasteiger partial charge is 0.381 e. The molecule has 0 rings (SSSR count). The van der Waals surface area contributed by atoms with E-state index in [1.807, 2.05) is 6.08 Å². The lowest BCUT2D eigenvalue weighted by Gasteiger charge is -2.08. The van der Waals surface area contributed by atoms with Gasteiger partial charge in [-0.25, -0.2) is 0 Å². The Bertz CT molecular complexity index is 516. The molecule has 9 nitrogen and oxygen atoms in total. The van der Waals surface area contributed by atoms with E-state index < -0.39 is 0 Å². The van der Waals surface area contributed by atoms with Crippen LogP contribution in [0.5, 0.6) is 0 Å². The molecular weight excluding hydrogens is 452 g/mol. The zero-order chi connectivity index (χ0) is 25.7. The fraction of sp³-hybridized carbons (Fsp3) is 0.808. The third kappa shape index (κ3) is 30.8. The van der Waals surface area contributed by atoms with E-state index in [1.54, 1.807) is 6.92 Å². The molecule has 0 aliphatic heterocycles. The van der Waals surface area contributed by atoms with Crippen molar-refractivity contribution in [3.05, 3.63) is 23.8 Å². The predicted molar refractivity (Wildman–Crippen MR) is 139 cm³/mol. The van der Waals surface area contributed by atoms with E-state index >= 15 is 0 Å². The highest BCUT2D eigenvalue weighted by atomic mass is 16.6. The van der Waals surface area contributed by atoms with Crippen molar-refractivity contribution in [1.29, 1.82) is 0 Å². The average Bonchev–Trinajstić information content (AvgIpc) is 2.85. The van der Waals surface area contributed by atoms with Crippen LogP contribution < -0.4 is 10.6 Å². The summed E-state index contributed by atoms with van der Waals surface area (Å²) in [6, 6.07) is 0. The minimum Gasteiger partial charge on any atom is -0.381 e. The van der Waals surface area contributed by atoms with Gasteiger partial charge in [0, 0.05) is 39.3 Å². The summed E-state index contributed by atoms with van der Waals surface area (Å²) in [5.41, 5.74) is 1.27. The summed E-state index contributed by atoms with van der Waals surface area (Å²) in [5, 5.41) is 14.7. The van der Waals surface area contributed by atoms with Crippen molar-refractivity contribution in [3.63, 3.8) is 0 Å². The Hall–Kier alpha value is -1.17. The minimum atomic E-state index is -0.0198. The van der Waals surface area contributed by atoms with Gasteiger partial charge < -0.3 is 34.1 Å². The summed E-state index contributed by atoms with van der Waals surface area (Å²) in [6.45, 7) is 12.1. The van der Waals surface area contributed by atoms with Crippen LogP contribution in [0.25, 0.3) is 0 Å². The molecule has 0 spiro atoms.